The van der Waals surface area contributed by atoms with Crippen LogP contribution in [-0.2, 0) is 14.3 Å². The van der Waals surface area contributed by atoms with Crippen LogP contribution in [0.5, 0.6) is 0 Å². The number of H-pyrrole nitrogens is 1. The Bertz CT molecular complexity index is 757. The summed E-state index contributed by atoms with van der Waals surface area (Å²) in [6, 6.07) is 5.97. The third-order valence-electron chi connectivity index (χ3n) is 4.77. The first-order valence-corrected chi connectivity index (χ1v) is 8.60. The summed E-state index contributed by atoms with van der Waals surface area (Å²) in [7, 11) is 1.36. The molecule has 2 atom stereocenters. The molecule has 25 heavy (non-hydrogen) atoms. The molecule has 3 rings (SSSR count). The quantitative estimate of drug-likeness (QED) is 0.836. The van der Waals surface area contributed by atoms with E-state index in [1.165, 1.54) is 7.11 Å². The van der Waals surface area contributed by atoms with E-state index in [4.69, 9.17) is 9.47 Å². The number of rotatable bonds is 4. The van der Waals surface area contributed by atoms with Crippen LogP contribution in [0.3, 0.4) is 0 Å². The fourth-order valence-corrected chi connectivity index (χ4v) is 3.28. The number of carbonyl (C=O) groups is 2. The van der Waals surface area contributed by atoms with E-state index < -0.39 is 6.10 Å². The van der Waals surface area contributed by atoms with Crippen molar-refractivity contribution >= 4 is 22.8 Å². The number of esters is 1. The average Bonchev–Trinajstić information content (AvgIpc) is 3.09. The van der Waals surface area contributed by atoms with Gasteiger partial charge in [-0.2, -0.15) is 0 Å². The van der Waals surface area contributed by atoms with E-state index >= 15 is 0 Å². The zero-order valence-corrected chi connectivity index (χ0v) is 14.8. The van der Waals surface area contributed by atoms with Crippen molar-refractivity contribution in [2.75, 3.05) is 13.7 Å². The largest absolute Gasteiger partial charge is 0.467 e. The number of nitrogens with one attached hydrogen (secondary N) is 2. The Labute approximate surface area is 146 Å². The number of ether oxygens (including phenoxy) is 2. The lowest BCUT2D eigenvalue weighted by atomic mass is 10.0. The van der Waals surface area contributed by atoms with E-state index in [-0.39, 0.29) is 18.0 Å². The number of hydrogen-bond acceptors (Lipinski definition) is 4. The van der Waals surface area contributed by atoms with Crippen LogP contribution in [0.2, 0.25) is 0 Å². The SMILES string of the molecule is COC(=O)[C@@H]1CCC[C@H](CNC(=O)c2cc3c(C)ccc(C)c3[nH]2)O1. The number of aryl methyl sites for hydroxylation is 2. The van der Waals surface area contributed by atoms with Gasteiger partial charge >= 0.3 is 5.97 Å². The molecule has 0 spiro atoms. The summed E-state index contributed by atoms with van der Waals surface area (Å²) in [6.07, 6.45) is 1.66. The number of benzene rings is 1. The second-order valence-electron chi connectivity index (χ2n) is 6.58. The molecule has 134 valence electrons. The lowest BCUT2D eigenvalue weighted by Crippen LogP contribution is -2.41. The van der Waals surface area contributed by atoms with Gasteiger partial charge in [0.1, 0.15) is 5.69 Å². The predicted octanol–water partition coefficient (Wildman–Crippen LogP) is 2.63. The van der Waals surface area contributed by atoms with E-state index in [9.17, 15) is 9.59 Å². The van der Waals surface area contributed by atoms with Gasteiger partial charge < -0.3 is 19.8 Å². The maximum Gasteiger partial charge on any atom is 0.334 e. The highest BCUT2D eigenvalue weighted by molar-refractivity contribution is 5.99. The van der Waals surface area contributed by atoms with Gasteiger partial charge in [0, 0.05) is 17.4 Å². The molecule has 1 amide bonds. The van der Waals surface area contributed by atoms with Crippen LogP contribution in [-0.4, -0.2) is 42.7 Å². The second-order valence-corrected chi connectivity index (χ2v) is 6.58. The van der Waals surface area contributed by atoms with Crippen LogP contribution in [0.15, 0.2) is 18.2 Å². The van der Waals surface area contributed by atoms with Crippen LogP contribution in [0.25, 0.3) is 10.9 Å². The molecule has 1 aromatic heterocycles. The first-order valence-electron chi connectivity index (χ1n) is 8.60. The van der Waals surface area contributed by atoms with Crippen LogP contribution in [0.1, 0.15) is 40.9 Å². The van der Waals surface area contributed by atoms with Crippen molar-refractivity contribution in [3.8, 4) is 0 Å². The Hall–Kier alpha value is -2.34. The Morgan fingerprint density at radius 1 is 1.28 bits per heavy atom. The molecule has 6 heteroatoms. The van der Waals surface area contributed by atoms with E-state index in [1.807, 2.05) is 26.0 Å². The van der Waals surface area contributed by atoms with Gasteiger partial charge in [-0.15, -0.1) is 0 Å². The highest BCUT2D eigenvalue weighted by atomic mass is 16.6. The number of amides is 1. The average molecular weight is 344 g/mol. The number of aromatic nitrogens is 1. The lowest BCUT2D eigenvalue weighted by Gasteiger charge is -2.28. The number of methoxy groups -OCH3 is 1. The Kier molecular flexibility index (Phi) is 5.08. The fourth-order valence-electron chi connectivity index (χ4n) is 3.28. The van der Waals surface area contributed by atoms with Gasteiger partial charge in [0.05, 0.1) is 13.2 Å². The summed E-state index contributed by atoms with van der Waals surface area (Å²) >= 11 is 0. The zero-order valence-electron chi connectivity index (χ0n) is 14.8. The van der Waals surface area contributed by atoms with Gasteiger partial charge in [-0.3, -0.25) is 4.79 Å². The van der Waals surface area contributed by atoms with Gasteiger partial charge in [0.2, 0.25) is 0 Å². The monoisotopic (exact) mass is 344 g/mol. The summed E-state index contributed by atoms with van der Waals surface area (Å²) in [4.78, 5) is 27.3. The molecule has 0 saturated carbocycles. The minimum Gasteiger partial charge on any atom is -0.467 e. The Balaban J connectivity index is 1.64. The van der Waals surface area contributed by atoms with E-state index in [0.717, 1.165) is 34.9 Å². The molecule has 0 radical (unpaired) electrons. The molecule has 1 fully saturated rings. The third kappa shape index (κ3) is 3.69. The molecule has 2 N–H and O–H groups in total. The number of fused-ring (bicyclic) bond motifs is 1. The van der Waals surface area contributed by atoms with Crippen molar-refractivity contribution in [1.82, 2.24) is 10.3 Å². The molecule has 1 saturated heterocycles. The van der Waals surface area contributed by atoms with Crippen molar-refractivity contribution < 1.29 is 19.1 Å². The predicted molar refractivity (Wildman–Crippen MR) is 94.6 cm³/mol. The Morgan fingerprint density at radius 3 is 2.76 bits per heavy atom. The first kappa shape index (κ1) is 17.5. The first-order chi connectivity index (χ1) is 12.0. The molecule has 6 nitrogen and oxygen atoms in total. The van der Waals surface area contributed by atoms with Crippen LogP contribution in [0, 0.1) is 13.8 Å². The summed E-state index contributed by atoms with van der Waals surface area (Å²) in [5.41, 5.74) is 3.76. The minimum absolute atomic E-state index is 0.168. The van der Waals surface area contributed by atoms with Crippen molar-refractivity contribution in [3.63, 3.8) is 0 Å². The van der Waals surface area contributed by atoms with E-state index in [2.05, 4.69) is 16.4 Å². The van der Waals surface area contributed by atoms with E-state index in [1.54, 1.807) is 0 Å². The highest BCUT2D eigenvalue weighted by Crippen LogP contribution is 2.23. The molecule has 2 heterocycles. The van der Waals surface area contributed by atoms with Gasteiger partial charge in [-0.25, -0.2) is 4.79 Å². The van der Waals surface area contributed by atoms with Gasteiger partial charge in [0.15, 0.2) is 6.10 Å². The van der Waals surface area contributed by atoms with Crippen LogP contribution < -0.4 is 5.32 Å². The van der Waals surface area contributed by atoms with Crippen molar-refractivity contribution in [3.05, 3.63) is 35.0 Å². The number of aromatic amines is 1. The molecular weight excluding hydrogens is 320 g/mol. The molecule has 2 aromatic rings. The van der Waals surface area contributed by atoms with Gasteiger partial charge in [-0.1, -0.05) is 12.1 Å². The molecule has 1 aliphatic rings. The third-order valence-corrected chi connectivity index (χ3v) is 4.77. The Morgan fingerprint density at radius 2 is 2.04 bits per heavy atom. The van der Waals surface area contributed by atoms with Gasteiger partial charge in [-0.05, 0) is 50.3 Å². The maximum atomic E-state index is 12.5. The molecular formula is C19H24N2O4. The summed E-state index contributed by atoms with van der Waals surface area (Å²) in [6.45, 7) is 4.42. The molecule has 1 aromatic carbocycles. The number of hydrogen-bond donors (Lipinski definition) is 2. The molecule has 0 bridgehead atoms. The number of carbonyl (C=O) groups excluding carboxylic acids is 2. The topological polar surface area (TPSA) is 80.4 Å². The van der Waals surface area contributed by atoms with Gasteiger partial charge in [0.25, 0.3) is 5.91 Å². The molecule has 1 aliphatic heterocycles. The normalized spacial score (nSPS) is 20.4. The van der Waals surface area contributed by atoms with Crippen LogP contribution >= 0.6 is 0 Å². The molecule has 0 aliphatic carbocycles. The lowest BCUT2D eigenvalue weighted by molar-refractivity contribution is -0.162. The van der Waals surface area contributed by atoms with E-state index in [0.29, 0.717) is 18.7 Å². The second kappa shape index (κ2) is 7.27. The van der Waals surface area contributed by atoms with Crippen molar-refractivity contribution in [1.29, 1.82) is 0 Å². The smallest absolute Gasteiger partial charge is 0.334 e. The van der Waals surface area contributed by atoms with Crippen molar-refractivity contribution in [2.45, 2.75) is 45.3 Å². The highest BCUT2D eigenvalue weighted by Gasteiger charge is 2.28. The van der Waals surface area contributed by atoms with Crippen LogP contribution in [0.4, 0.5) is 0 Å². The zero-order chi connectivity index (χ0) is 18.0. The summed E-state index contributed by atoms with van der Waals surface area (Å²) < 4.78 is 10.5. The summed E-state index contributed by atoms with van der Waals surface area (Å²) in [5, 5.41) is 3.96. The minimum atomic E-state index is -0.529. The molecule has 0 unspecified atom stereocenters. The fraction of sp³-hybridized carbons (Fsp3) is 0.474. The summed E-state index contributed by atoms with van der Waals surface area (Å²) in [5.74, 6) is -0.517. The maximum absolute atomic E-state index is 12.5. The standard InChI is InChI=1S/C19H24N2O4/c1-11-7-8-12(2)17-14(11)9-15(21-17)18(22)20-10-13-5-4-6-16(25-13)19(23)24-3/h7-9,13,16,21H,4-6,10H2,1-3H3,(H,20,22)/t13-,16+/m1/s1. The van der Waals surface area contributed by atoms with Crippen molar-refractivity contribution in [2.24, 2.45) is 0 Å².